The van der Waals surface area contributed by atoms with Crippen LogP contribution in [0.2, 0.25) is 0 Å². The lowest BCUT2D eigenvalue weighted by Gasteiger charge is -2.34. The van der Waals surface area contributed by atoms with E-state index in [-0.39, 0.29) is 17.9 Å². The van der Waals surface area contributed by atoms with Crippen LogP contribution in [0.15, 0.2) is 42.5 Å². The molecular weight excluding hydrogens is 238 g/mol. The molecule has 0 N–H and O–H groups in total. The van der Waals surface area contributed by atoms with Crippen LogP contribution in [0.25, 0.3) is 0 Å². The second-order valence-electron chi connectivity index (χ2n) is 5.19. The van der Waals surface area contributed by atoms with Gasteiger partial charge in [-0.25, -0.2) is 0 Å². The van der Waals surface area contributed by atoms with E-state index >= 15 is 0 Å². The number of amides is 1. The number of hydrogen-bond donors (Lipinski definition) is 0. The summed E-state index contributed by atoms with van der Waals surface area (Å²) in [4.78, 5) is 14.4. The van der Waals surface area contributed by atoms with Crippen LogP contribution < -0.4 is 0 Å². The molecule has 1 aliphatic carbocycles. The molecule has 3 nitrogen and oxygen atoms in total. The lowest BCUT2D eigenvalue weighted by Crippen LogP contribution is -2.44. The molecule has 1 aliphatic heterocycles. The summed E-state index contributed by atoms with van der Waals surface area (Å²) in [5.74, 6) is 0.448. The Bertz CT molecular complexity index is 461. The van der Waals surface area contributed by atoms with E-state index in [1.807, 2.05) is 23.1 Å². The number of carbonyl (C=O) groups is 1. The van der Waals surface area contributed by atoms with Gasteiger partial charge in [0.2, 0.25) is 5.91 Å². The Labute approximate surface area is 113 Å². The van der Waals surface area contributed by atoms with Crippen molar-refractivity contribution in [3.8, 4) is 0 Å². The van der Waals surface area contributed by atoms with E-state index < -0.39 is 0 Å². The van der Waals surface area contributed by atoms with Crippen LogP contribution in [-0.4, -0.2) is 30.5 Å². The summed E-state index contributed by atoms with van der Waals surface area (Å²) >= 11 is 0. The average molecular weight is 257 g/mol. The van der Waals surface area contributed by atoms with E-state index in [9.17, 15) is 4.79 Å². The molecule has 0 radical (unpaired) electrons. The Morgan fingerprint density at radius 3 is 2.63 bits per heavy atom. The third-order valence-electron chi connectivity index (χ3n) is 3.91. The van der Waals surface area contributed by atoms with Crippen LogP contribution in [0.5, 0.6) is 0 Å². The van der Waals surface area contributed by atoms with E-state index in [2.05, 4.69) is 24.3 Å². The number of benzene rings is 1. The largest absolute Gasteiger partial charge is 0.370 e. The van der Waals surface area contributed by atoms with Crippen LogP contribution in [0.4, 0.5) is 0 Å². The fraction of sp³-hybridized carbons (Fsp3) is 0.438. The van der Waals surface area contributed by atoms with Crippen LogP contribution in [-0.2, 0) is 9.53 Å². The van der Waals surface area contributed by atoms with E-state index in [4.69, 9.17) is 4.74 Å². The first-order valence-electron chi connectivity index (χ1n) is 6.95. The minimum Gasteiger partial charge on any atom is -0.370 e. The van der Waals surface area contributed by atoms with Gasteiger partial charge in [-0.15, -0.1) is 0 Å². The molecule has 2 aliphatic rings. The SMILES string of the molecule is O=C(C1CC=CC1)N1CCO[C@@H](c2ccccc2)C1. The minimum absolute atomic E-state index is 0.0215. The number of morpholine rings is 1. The minimum atomic E-state index is 0.0215. The molecule has 0 unspecified atom stereocenters. The molecule has 1 atom stereocenters. The molecule has 100 valence electrons. The van der Waals surface area contributed by atoms with Gasteiger partial charge in [0.15, 0.2) is 0 Å². The van der Waals surface area contributed by atoms with E-state index in [1.54, 1.807) is 0 Å². The zero-order chi connectivity index (χ0) is 13.1. The molecule has 1 amide bonds. The van der Waals surface area contributed by atoms with Gasteiger partial charge in [-0.3, -0.25) is 4.79 Å². The summed E-state index contributed by atoms with van der Waals surface area (Å²) in [6.45, 7) is 2.03. The molecule has 1 aromatic rings. The number of carbonyl (C=O) groups excluding carboxylic acids is 1. The molecular formula is C16H19NO2. The maximum Gasteiger partial charge on any atom is 0.226 e. The molecule has 0 spiro atoms. The molecule has 0 aromatic heterocycles. The van der Waals surface area contributed by atoms with Crippen molar-refractivity contribution < 1.29 is 9.53 Å². The Kier molecular flexibility index (Phi) is 3.65. The van der Waals surface area contributed by atoms with Gasteiger partial charge >= 0.3 is 0 Å². The van der Waals surface area contributed by atoms with Crippen molar-refractivity contribution in [2.75, 3.05) is 19.7 Å². The normalized spacial score (nSPS) is 23.8. The third kappa shape index (κ3) is 2.71. The molecule has 0 saturated carbocycles. The Morgan fingerprint density at radius 2 is 1.89 bits per heavy atom. The lowest BCUT2D eigenvalue weighted by atomic mass is 10.0. The van der Waals surface area contributed by atoms with Gasteiger partial charge in [-0.05, 0) is 18.4 Å². The predicted molar refractivity (Wildman–Crippen MR) is 73.6 cm³/mol. The third-order valence-corrected chi connectivity index (χ3v) is 3.91. The molecule has 3 rings (SSSR count). The number of hydrogen-bond acceptors (Lipinski definition) is 2. The molecule has 1 aromatic carbocycles. The number of allylic oxidation sites excluding steroid dienone is 2. The van der Waals surface area contributed by atoms with Crippen molar-refractivity contribution in [1.29, 1.82) is 0 Å². The van der Waals surface area contributed by atoms with Gasteiger partial charge in [-0.1, -0.05) is 42.5 Å². The van der Waals surface area contributed by atoms with E-state index in [0.717, 1.165) is 24.9 Å². The predicted octanol–water partition coefficient (Wildman–Crippen LogP) is 2.55. The monoisotopic (exact) mass is 257 g/mol. The summed E-state index contributed by atoms with van der Waals surface area (Å²) in [6.07, 6.45) is 6.03. The summed E-state index contributed by atoms with van der Waals surface area (Å²) < 4.78 is 5.80. The fourth-order valence-electron chi connectivity index (χ4n) is 2.80. The van der Waals surface area contributed by atoms with Gasteiger partial charge in [0.1, 0.15) is 6.10 Å². The number of rotatable bonds is 2. The van der Waals surface area contributed by atoms with Crippen LogP contribution in [0.1, 0.15) is 24.5 Å². The van der Waals surface area contributed by atoms with Gasteiger partial charge < -0.3 is 9.64 Å². The molecule has 1 saturated heterocycles. The Morgan fingerprint density at radius 1 is 1.16 bits per heavy atom. The second-order valence-corrected chi connectivity index (χ2v) is 5.19. The zero-order valence-electron chi connectivity index (χ0n) is 11.0. The highest BCUT2D eigenvalue weighted by atomic mass is 16.5. The quantitative estimate of drug-likeness (QED) is 0.762. The maximum atomic E-state index is 12.4. The average Bonchev–Trinajstić information content (AvgIpc) is 3.02. The highest BCUT2D eigenvalue weighted by molar-refractivity contribution is 5.79. The van der Waals surface area contributed by atoms with Crippen molar-refractivity contribution in [1.82, 2.24) is 4.90 Å². The van der Waals surface area contributed by atoms with Crippen molar-refractivity contribution >= 4 is 5.91 Å². The fourth-order valence-corrected chi connectivity index (χ4v) is 2.80. The molecule has 1 fully saturated rings. The first kappa shape index (κ1) is 12.4. The first-order valence-corrected chi connectivity index (χ1v) is 6.95. The second kappa shape index (κ2) is 5.57. The molecule has 0 bridgehead atoms. The zero-order valence-corrected chi connectivity index (χ0v) is 11.0. The van der Waals surface area contributed by atoms with Crippen LogP contribution in [0.3, 0.4) is 0 Å². The number of nitrogens with zero attached hydrogens (tertiary/aromatic N) is 1. The highest BCUT2D eigenvalue weighted by Gasteiger charge is 2.29. The van der Waals surface area contributed by atoms with Gasteiger partial charge in [0.05, 0.1) is 13.2 Å². The summed E-state index contributed by atoms with van der Waals surface area (Å²) in [5.41, 5.74) is 1.16. The molecule has 3 heteroatoms. The van der Waals surface area contributed by atoms with Crippen molar-refractivity contribution in [3.05, 3.63) is 48.0 Å². The van der Waals surface area contributed by atoms with Gasteiger partial charge in [0.25, 0.3) is 0 Å². The highest BCUT2D eigenvalue weighted by Crippen LogP contribution is 2.26. The van der Waals surface area contributed by atoms with Crippen LogP contribution >= 0.6 is 0 Å². The van der Waals surface area contributed by atoms with E-state index in [1.165, 1.54) is 0 Å². The van der Waals surface area contributed by atoms with Crippen LogP contribution in [0, 0.1) is 5.92 Å². The summed E-state index contributed by atoms with van der Waals surface area (Å²) in [5, 5.41) is 0. The Balaban J connectivity index is 1.66. The smallest absolute Gasteiger partial charge is 0.226 e. The van der Waals surface area contributed by atoms with Crippen molar-refractivity contribution in [2.45, 2.75) is 18.9 Å². The van der Waals surface area contributed by atoms with Gasteiger partial charge in [0, 0.05) is 12.5 Å². The van der Waals surface area contributed by atoms with Crippen molar-refractivity contribution in [2.24, 2.45) is 5.92 Å². The number of ether oxygens (including phenoxy) is 1. The summed E-state index contributed by atoms with van der Waals surface area (Å²) in [7, 11) is 0. The van der Waals surface area contributed by atoms with Crippen molar-refractivity contribution in [3.63, 3.8) is 0 Å². The first-order chi connectivity index (χ1) is 9.34. The Hall–Kier alpha value is -1.61. The van der Waals surface area contributed by atoms with E-state index in [0.29, 0.717) is 13.2 Å². The maximum absolute atomic E-state index is 12.4. The lowest BCUT2D eigenvalue weighted by molar-refractivity contribution is -0.143. The topological polar surface area (TPSA) is 29.5 Å². The summed E-state index contributed by atoms with van der Waals surface area (Å²) in [6, 6.07) is 10.2. The van der Waals surface area contributed by atoms with Gasteiger partial charge in [-0.2, -0.15) is 0 Å². The standard InChI is InChI=1S/C16H19NO2/c18-16(14-8-4-5-9-14)17-10-11-19-15(12-17)13-6-2-1-3-7-13/h1-7,14-15H,8-12H2/t15-/m1/s1. The molecule has 1 heterocycles. The molecule has 19 heavy (non-hydrogen) atoms.